The molecular weight excluding hydrogens is 583 g/mol. The van der Waals surface area contributed by atoms with Crippen molar-refractivity contribution in [3.8, 4) is 11.3 Å². The zero-order valence-electron chi connectivity index (χ0n) is 23.8. The number of piperazine rings is 1. The Balaban J connectivity index is 1.25. The van der Waals surface area contributed by atoms with Crippen LogP contribution < -0.4 is 10.2 Å². The number of anilines is 1. The highest BCUT2D eigenvalue weighted by Crippen LogP contribution is 2.44. The number of hydrogen-bond acceptors (Lipinski definition) is 9. The van der Waals surface area contributed by atoms with Crippen LogP contribution in [-0.4, -0.2) is 96.9 Å². The standard InChI is InChI=1S/C30H34F3N5O4S/c1-36-10-12-37(13-11-36)29-34-24(27(33)43-29)18-6-8-19(9-7-18)28(41)35-30(17-39,20-4-2-3-5-20)38-15-21(22(32)14-31)26-25(38)23(40)16-42-26/h6-9,14,17,20-21,25-26H,2-5,10-13,15-16H2,1H3,(H,35,41). The van der Waals surface area contributed by atoms with E-state index < -0.39 is 40.6 Å². The molecule has 1 aliphatic carbocycles. The molecule has 4 aliphatic rings. The second-order valence-electron chi connectivity index (χ2n) is 11.8. The van der Waals surface area contributed by atoms with E-state index in [4.69, 9.17) is 4.74 Å². The molecule has 43 heavy (non-hydrogen) atoms. The maximum absolute atomic E-state index is 15.0. The largest absolute Gasteiger partial charge is 0.367 e. The van der Waals surface area contributed by atoms with Gasteiger partial charge in [0.05, 0.1) is 12.0 Å². The fraction of sp³-hybridized carbons (Fsp3) is 0.533. The van der Waals surface area contributed by atoms with Crippen LogP contribution in [0.4, 0.5) is 18.3 Å². The number of fused-ring (bicyclic) bond motifs is 1. The predicted molar refractivity (Wildman–Crippen MR) is 154 cm³/mol. The number of carbonyl (C=O) groups excluding carboxylic acids is 3. The van der Waals surface area contributed by atoms with Crippen molar-refractivity contribution in [1.82, 2.24) is 20.1 Å². The Morgan fingerprint density at radius 3 is 2.51 bits per heavy atom. The van der Waals surface area contributed by atoms with Gasteiger partial charge in [-0.05, 0) is 32.0 Å². The maximum atomic E-state index is 15.0. The van der Waals surface area contributed by atoms with Crippen molar-refractivity contribution in [1.29, 1.82) is 0 Å². The molecule has 13 heteroatoms. The molecule has 4 unspecified atom stereocenters. The van der Waals surface area contributed by atoms with E-state index in [1.54, 1.807) is 12.1 Å². The third-order valence-electron chi connectivity index (χ3n) is 9.36. The molecule has 6 rings (SSSR count). The first kappa shape index (κ1) is 29.9. The van der Waals surface area contributed by atoms with E-state index >= 15 is 0 Å². The molecule has 1 amide bonds. The number of aromatic nitrogens is 1. The maximum Gasteiger partial charge on any atom is 0.253 e. The number of Topliss-reactive ketones (excluding diaryl/α,β-unsaturated/α-hetero) is 1. The average Bonchev–Trinajstić information content (AvgIpc) is 3.83. The van der Waals surface area contributed by atoms with Gasteiger partial charge >= 0.3 is 0 Å². The van der Waals surface area contributed by atoms with E-state index in [0.717, 1.165) is 50.4 Å². The molecule has 0 spiro atoms. The van der Waals surface area contributed by atoms with E-state index in [1.807, 2.05) is 7.05 Å². The van der Waals surface area contributed by atoms with E-state index in [9.17, 15) is 27.6 Å². The smallest absolute Gasteiger partial charge is 0.253 e. The third-order valence-corrected chi connectivity index (χ3v) is 10.3. The Hall–Kier alpha value is -3.13. The molecule has 1 aromatic heterocycles. The van der Waals surface area contributed by atoms with Gasteiger partial charge in [0.2, 0.25) is 5.13 Å². The second-order valence-corrected chi connectivity index (χ2v) is 12.7. The van der Waals surface area contributed by atoms with Gasteiger partial charge in [-0.3, -0.25) is 19.3 Å². The van der Waals surface area contributed by atoms with Crippen LogP contribution in [0, 0.1) is 17.0 Å². The van der Waals surface area contributed by atoms with Crippen LogP contribution in [0.15, 0.2) is 36.4 Å². The molecule has 1 aromatic carbocycles. The number of likely N-dealkylation sites (tertiary alicyclic amines) is 1. The Morgan fingerprint density at radius 1 is 1.16 bits per heavy atom. The van der Waals surface area contributed by atoms with Gasteiger partial charge in [0.1, 0.15) is 30.5 Å². The first-order chi connectivity index (χ1) is 20.8. The number of nitrogens with one attached hydrogen (secondary N) is 1. The predicted octanol–water partition coefficient (Wildman–Crippen LogP) is 3.56. The number of nitrogens with zero attached hydrogens (tertiary/aromatic N) is 4. The molecule has 4 atom stereocenters. The van der Waals surface area contributed by atoms with E-state index in [1.165, 1.54) is 17.0 Å². The van der Waals surface area contributed by atoms with Crippen molar-refractivity contribution in [2.24, 2.45) is 11.8 Å². The van der Waals surface area contributed by atoms with Crippen molar-refractivity contribution in [3.63, 3.8) is 0 Å². The van der Waals surface area contributed by atoms with Gasteiger partial charge in [0, 0.05) is 49.8 Å². The lowest BCUT2D eigenvalue weighted by Crippen LogP contribution is -2.68. The minimum absolute atomic E-state index is 0.144. The van der Waals surface area contributed by atoms with Gasteiger partial charge in [0.15, 0.2) is 22.9 Å². The molecule has 230 valence electrons. The molecule has 1 N–H and O–H groups in total. The highest BCUT2D eigenvalue weighted by Gasteiger charge is 2.60. The van der Waals surface area contributed by atoms with Crippen LogP contribution >= 0.6 is 11.3 Å². The number of hydrogen-bond donors (Lipinski definition) is 1. The summed E-state index contributed by atoms with van der Waals surface area (Å²) in [5, 5.41) is 3.09. The molecular formula is C30H34F3N5O4S. The van der Waals surface area contributed by atoms with Crippen molar-refractivity contribution < 1.29 is 32.3 Å². The summed E-state index contributed by atoms with van der Waals surface area (Å²) in [7, 11) is 2.04. The van der Waals surface area contributed by atoms with Crippen molar-refractivity contribution >= 4 is 34.4 Å². The van der Waals surface area contributed by atoms with Crippen LogP contribution in [0.5, 0.6) is 0 Å². The minimum Gasteiger partial charge on any atom is -0.367 e. The number of thiazole rings is 1. The lowest BCUT2D eigenvalue weighted by molar-refractivity contribution is -0.131. The number of ether oxygens (including phenoxy) is 1. The summed E-state index contributed by atoms with van der Waals surface area (Å²) in [6.45, 7) is 2.81. The normalized spacial score (nSPS) is 27.0. The molecule has 9 nitrogen and oxygen atoms in total. The van der Waals surface area contributed by atoms with E-state index in [2.05, 4.69) is 20.1 Å². The Bertz CT molecular complexity index is 1410. The van der Waals surface area contributed by atoms with Crippen molar-refractivity contribution in [3.05, 3.63) is 47.1 Å². The monoisotopic (exact) mass is 617 g/mol. The van der Waals surface area contributed by atoms with Gasteiger partial charge in [-0.1, -0.05) is 36.3 Å². The minimum atomic E-state index is -1.62. The molecule has 0 radical (unpaired) electrons. The highest BCUT2D eigenvalue weighted by molar-refractivity contribution is 7.14. The highest BCUT2D eigenvalue weighted by atomic mass is 32.1. The number of amides is 1. The van der Waals surface area contributed by atoms with Gasteiger partial charge in [-0.25, -0.2) is 13.8 Å². The van der Waals surface area contributed by atoms with Gasteiger partial charge < -0.3 is 19.9 Å². The summed E-state index contributed by atoms with van der Waals surface area (Å²) in [6, 6.07) is 5.29. The first-order valence-electron chi connectivity index (χ1n) is 14.6. The average molecular weight is 618 g/mol. The van der Waals surface area contributed by atoms with Crippen molar-refractivity contribution in [2.45, 2.75) is 43.5 Å². The Labute approximate surface area is 251 Å². The summed E-state index contributed by atoms with van der Waals surface area (Å²) in [5.74, 6) is -3.40. The number of benzene rings is 1. The summed E-state index contributed by atoms with van der Waals surface area (Å²) >= 11 is 0.992. The number of halogens is 3. The van der Waals surface area contributed by atoms with Crippen molar-refractivity contribution in [2.75, 3.05) is 51.3 Å². The summed E-state index contributed by atoms with van der Waals surface area (Å²) in [6.07, 6.45) is 2.41. The van der Waals surface area contributed by atoms with Crippen LogP contribution in [0.1, 0.15) is 36.0 Å². The number of carbonyl (C=O) groups is 3. The zero-order chi connectivity index (χ0) is 30.3. The van der Waals surface area contributed by atoms with Crippen LogP contribution in [0.25, 0.3) is 11.3 Å². The molecule has 0 bridgehead atoms. The number of aldehydes is 1. The van der Waals surface area contributed by atoms with Gasteiger partial charge in [-0.2, -0.15) is 4.39 Å². The SMILES string of the molecule is CN1CCN(c2nc(-c3ccc(C(=O)NC(C=O)(C4CCCC4)N4CC(C(F)=CF)C5OCC(=O)C54)cc3)c(F)s2)CC1. The molecule has 1 saturated carbocycles. The summed E-state index contributed by atoms with van der Waals surface area (Å²) in [5.41, 5.74) is -0.687. The lowest BCUT2D eigenvalue weighted by atomic mass is 9.88. The molecule has 4 heterocycles. The molecule has 3 aliphatic heterocycles. The Morgan fingerprint density at radius 2 is 1.86 bits per heavy atom. The fourth-order valence-electron chi connectivity index (χ4n) is 6.96. The first-order valence-corrected chi connectivity index (χ1v) is 15.4. The molecule has 3 saturated heterocycles. The second kappa shape index (κ2) is 12.1. The molecule has 2 aromatic rings. The quantitative estimate of drug-likeness (QED) is 0.450. The summed E-state index contributed by atoms with van der Waals surface area (Å²) < 4.78 is 48.3. The van der Waals surface area contributed by atoms with Crippen LogP contribution in [0.2, 0.25) is 0 Å². The number of ketones is 1. The number of likely N-dealkylation sites (N-methyl/N-ethyl adjacent to an activating group) is 1. The summed E-state index contributed by atoms with van der Waals surface area (Å²) in [4.78, 5) is 49.9. The van der Waals surface area contributed by atoms with Gasteiger partial charge in [0.25, 0.3) is 5.91 Å². The Kier molecular flexibility index (Phi) is 8.42. The fourth-order valence-corrected chi connectivity index (χ4v) is 7.83. The van der Waals surface area contributed by atoms with Crippen LogP contribution in [0.3, 0.4) is 0 Å². The van der Waals surface area contributed by atoms with Gasteiger partial charge in [-0.15, -0.1) is 0 Å². The van der Waals surface area contributed by atoms with Crippen LogP contribution in [-0.2, 0) is 14.3 Å². The zero-order valence-corrected chi connectivity index (χ0v) is 24.6. The lowest BCUT2D eigenvalue weighted by Gasteiger charge is -2.44. The third kappa shape index (κ3) is 5.41. The topological polar surface area (TPSA) is 95.1 Å². The molecule has 4 fully saturated rings. The van der Waals surface area contributed by atoms with E-state index in [0.29, 0.717) is 29.8 Å². The number of rotatable bonds is 8. The van der Waals surface area contributed by atoms with E-state index in [-0.39, 0.29) is 42.4 Å².